The highest BCUT2D eigenvalue weighted by Gasteiger charge is 2.31. The maximum absolute atomic E-state index is 12.5. The number of nitrogens with zero attached hydrogens (tertiary/aromatic N) is 1. The number of phenolic OH excluding ortho intramolecular Hbond substituents is 1. The Morgan fingerprint density at radius 2 is 2.00 bits per heavy atom. The minimum absolute atomic E-state index is 0.0107. The lowest BCUT2D eigenvalue weighted by molar-refractivity contribution is -0.122. The maximum atomic E-state index is 12.5. The van der Waals surface area contributed by atoms with Crippen molar-refractivity contribution in [3.8, 4) is 11.5 Å². The first kappa shape index (κ1) is 16.8. The highest BCUT2D eigenvalue weighted by molar-refractivity contribution is 5.99. The number of methoxy groups -OCH3 is 1. The second-order valence-corrected chi connectivity index (χ2v) is 5.90. The third-order valence-electron chi connectivity index (χ3n) is 4.23. The van der Waals surface area contributed by atoms with Crippen LogP contribution < -0.4 is 9.64 Å². The van der Waals surface area contributed by atoms with E-state index in [-0.39, 0.29) is 29.9 Å². The van der Waals surface area contributed by atoms with E-state index in [0.717, 1.165) is 17.7 Å². The van der Waals surface area contributed by atoms with Crippen LogP contribution >= 0.6 is 0 Å². The average molecular weight is 341 g/mol. The van der Waals surface area contributed by atoms with Crippen molar-refractivity contribution in [1.29, 1.82) is 0 Å². The second kappa shape index (κ2) is 6.84. The molecule has 0 aromatic heterocycles. The summed E-state index contributed by atoms with van der Waals surface area (Å²) in [5.74, 6) is -0.878. The summed E-state index contributed by atoms with van der Waals surface area (Å²) in [7, 11) is 1.46. The van der Waals surface area contributed by atoms with Gasteiger partial charge in [0.05, 0.1) is 7.11 Å². The Hall–Kier alpha value is -3.02. The second-order valence-electron chi connectivity index (χ2n) is 5.90. The number of rotatable bonds is 4. The molecule has 2 aromatic rings. The van der Waals surface area contributed by atoms with E-state index in [1.54, 1.807) is 4.90 Å². The van der Waals surface area contributed by atoms with E-state index in [0.29, 0.717) is 5.75 Å². The number of carbonyl (C=O) groups is 2. The molecule has 25 heavy (non-hydrogen) atoms. The predicted molar refractivity (Wildman–Crippen MR) is 92.0 cm³/mol. The molecule has 0 saturated heterocycles. The van der Waals surface area contributed by atoms with Crippen molar-refractivity contribution >= 4 is 17.6 Å². The fourth-order valence-electron chi connectivity index (χ4n) is 3.03. The summed E-state index contributed by atoms with van der Waals surface area (Å²) in [6.07, 6.45) is 0.773. The van der Waals surface area contributed by atoms with Gasteiger partial charge in [0.15, 0.2) is 6.61 Å². The molecule has 0 spiro atoms. The third kappa shape index (κ3) is 3.28. The van der Waals surface area contributed by atoms with Gasteiger partial charge >= 0.3 is 5.97 Å². The third-order valence-corrected chi connectivity index (χ3v) is 4.23. The van der Waals surface area contributed by atoms with Crippen LogP contribution in [0.1, 0.15) is 22.8 Å². The van der Waals surface area contributed by atoms with Crippen LogP contribution in [0.15, 0.2) is 42.5 Å². The van der Waals surface area contributed by atoms with Crippen LogP contribution in [-0.4, -0.2) is 36.7 Å². The molecule has 1 amide bonds. The minimum Gasteiger partial charge on any atom is -0.507 e. The number of ether oxygens (including phenoxy) is 2. The van der Waals surface area contributed by atoms with Gasteiger partial charge in [-0.15, -0.1) is 0 Å². The molecule has 0 unspecified atom stereocenters. The van der Waals surface area contributed by atoms with Crippen molar-refractivity contribution in [2.45, 2.75) is 19.4 Å². The zero-order valence-electron chi connectivity index (χ0n) is 14.1. The van der Waals surface area contributed by atoms with Gasteiger partial charge in [0.25, 0.3) is 5.91 Å². The quantitative estimate of drug-likeness (QED) is 0.865. The summed E-state index contributed by atoms with van der Waals surface area (Å²) in [5.41, 5.74) is 1.94. The molecular weight excluding hydrogens is 322 g/mol. The van der Waals surface area contributed by atoms with Gasteiger partial charge in [-0.3, -0.25) is 4.79 Å². The van der Waals surface area contributed by atoms with E-state index in [1.165, 1.54) is 25.3 Å². The van der Waals surface area contributed by atoms with Crippen molar-refractivity contribution in [2.24, 2.45) is 0 Å². The smallest absolute Gasteiger partial charge is 0.342 e. The summed E-state index contributed by atoms with van der Waals surface area (Å²) in [6.45, 7) is 1.57. The number of fused-ring (bicyclic) bond motifs is 1. The Kier molecular flexibility index (Phi) is 4.61. The molecule has 0 saturated carbocycles. The Labute approximate surface area is 145 Å². The number of benzene rings is 2. The molecule has 130 valence electrons. The number of aromatic hydroxyl groups is 1. The fraction of sp³-hybridized carbons (Fsp3) is 0.263. The van der Waals surface area contributed by atoms with Gasteiger partial charge < -0.3 is 19.5 Å². The molecule has 1 heterocycles. The van der Waals surface area contributed by atoms with Crippen LogP contribution in [0.4, 0.5) is 5.69 Å². The number of amides is 1. The lowest BCUT2D eigenvalue weighted by Gasteiger charge is -2.22. The topological polar surface area (TPSA) is 76.1 Å². The summed E-state index contributed by atoms with van der Waals surface area (Å²) < 4.78 is 10.1. The van der Waals surface area contributed by atoms with Crippen LogP contribution in [0.25, 0.3) is 0 Å². The van der Waals surface area contributed by atoms with E-state index < -0.39 is 5.97 Å². The summed E-state index contributed by atoms with van der Waals surface area (Å²) in [4.78, 5) is 26.3. The van der Waals surface area contributed by atoms with Crippen LogP contribution in [0, 0.1) is 0 Å². The SMILES string of the molecule is COc1ccc(C(=O)OCC(=O)N2c3ccccc3C[C@H]2C)c(O)c1. The number of esters is 1. The maximum Gasteiger partial charge on any atom is 0.342 e. The monoisotopic (exact) mass is 341 g/mol. The number of hydrogen-bond donors (Lipinski definition) is 1. The first-order valence-corrected chi connectivity index (χ1v) is 7.95. The van der Waals surface area contributed by atoms with Gasteiger partial charge in [0.2, 0.25) is 0 Å². The van der Waals surface area contributed by atoms with Crippen LogP contribution in [0.5, 0.6) is 11.5 Å². The normalized spacial score (nSPS) is 15.6. The Morgan fingerprint density at radius 1 is 1.24 bits per heavy atom. The van der Waals surface area contributed by atoms with Crippen LogP contribution in [0.2, 0.25) is 0 Å². The van der Waals surface area contributed by atoms with Gasteiger partial charge in [-0.05, 0) is 37.1 Å². The molecule has 1 aliphatic heterocycles. The highest BCUT2D eigenvalue weighted by Crippen LogP contribution is 2.32. The Bertz CT molecular complexity index is 817. The summed E-state index contributed by atoms with van der Waals surface area (Å²) >= 11 is 0. The number of hydrogen-bond acceptors (Lipinski definition) is 5. The van der Waals surface area contributed by atoms with E-state index in [9.17, 15) is 14.7 Å². The Balaban J connectivity index is 1.67. The van der Waals surface area contributed by atoms with E-state index in [1.807, 2.05) is 31.2 Å². The minimum atomic E-state index is -0.756. The number of carbonyl (C=O) groups excluding carboxylic acids is 2. The molecule has 1 N–H and O–H groups in total. The summed E-state index contributed by atoms with van der Waals surface area (Å²) in [6, 6.07) is 11.9. The zero-order chi connectivity index (χ0) is 18.0. The molecule has 0 fully saturated rings. The number of para-hydroxylation sites is 1. The molecule has 2 aromatic carbocycles. The fourth-order valence-corrected chi connectivity index (χ4v) is 3.03. The average Bonchev–Trinajstić information content (AvgIpc) is 2.95. The van der Waals surface area contributed by atoms with Gasteiger partial charge in [-0.25, -0.2) is 4.79 Å². The zero-order valence-corrected chi connectivity index (χ0v) is 14.1. The van der Waals surface area contributed by atoms with Gasteiger partial charge in [0.1, 0.15) is 17.1 Å². The van der Waals surface area contributed by atoms with Crippen molar-refractivity contribution in [2.75, 3.05) is 18.6 Å². The molecular formula is C19H19NO5. The summed E-state index contributed by atoms with van der Waals surface area (Å²) in [5, 5.41) is 9.87. The highest BCUT2D eigenvalue weighted by atomic mass is 16.5. The lowest BCUT2D eigenvalue weighted by atomic mass is 10.1. The van der Waals surface area contributed by atoms with Gasteiger partial charge in [-0.2, -0.15) is 0 Å². The Morgan fingerprint density at radius 3 is 2.72 bits per heavy atom. The largest absolute Gasteiger partial charge is 0.507 e. The standard InChI is InChI=1S/C19H19NO5/c1-12-9-13-5-3-4-6-16(13)20(12)18(22)11-25-19(23)15-8-7-14(24-2)10-17(15)21/h3-8,10,12,21H,9,11H2,1-2H3/t12-/m1/s1. The molecule has 6 heteroatoms. The molecule has 1 atom stereocenters. The van der Waals surface area contributed by atoms with Crippen molar-refractivity contribution in [3.05, 3.63) is 53.6 Å². The molecule has 6 nitrogen and oxygen atoms in total. The van der Waals surface area contributed by atoms with Crippen molar-refractivity contribution in [1.82, 2.24) is 0 Å². The first-order chi connectivity index (χ1) is 12.0. The van der Waals surface area contributed by atoms with Gasteiger partial charge in [-0.1, -0.05) is 18.2 Å². The molecule has 0 aliphatic carbocycles. The number of phenols is 1. The van der Waals surface area contributed by atoms with Crippen molar-refractivity contribution in [3.63, 3.8) is 0 Å². The molecule has 1 aliphatic rings. The first-order valence-electron chi connectivity index (χ1n) is 7.95. The van der Waals surface area contributed by atoms with Crippen molar-refractivity contribution < 1.29 is 24.2 Å². The van der Waals surface area contributed by atoms with Crippen LogP contribution in [0.3, 0.4) is 0 Å². The molecule has 0 bridgehead atoms. The lowest BCUT2D eigenvalue weighted by Crippen LogP contribution is -2.38. The predicted octanol–water partition coefficient (Wildman–Crippen LogP) is 2.54. The molecule has 3 rings (SSSR count). The van der Waals surface area contributed by atoms with E-state index in [4.69, 9.17) is 9.47 Å². The molecule has 0 radical (unpaired) electrons. The van der Waals surface area contributed by atoms with E-state index >= 15 is 0 Å². The number of anilines is 1. The van der Waals surface area contributed by atoms with E-state index in [2.05, 4.69) is 0 Å². The van der Waals surface area contributed by atoms with Crippen LogP contribution in [-0.2, 0) is 16.0 Å². The van der Waals surface area contributed by atoms with Gasteiger partial charge in [0, 0.05) is 17.8 Å².